The highest BCUT2D eigenvalue weighted by Crippen LogP contribution is 2.25. The fraction of sp³-hybridized carbons (Fsp3) is 0.800. The zero-order valence-corrected chi connectivity index (χ0v) is 13.7. The molecule has 0 aromatic carbocycles. The van der Waals surface area contributed by atoms with Crippen LogP contribution in [0, 0.1) is 5.92 Å². The molecule has 2 atom stereocenters. The third kappa shape index (κ3) is 4.43. The predicted octanol–water partition coefficient (Wildman–Crippen LogP) is 3.07. The fourth-order valence-corrected chi connectivity index (χ4v) is 3.43. The molecule has 0 bridgehead atoms. The minimum absolute atomic E-state index is 0.339. The lowest BCUT2D eigenvalue weighted by atomic mass is 10.0. The Kier molecular flexibility index (Phi) is 6.26. The first-order valence-corrected chi connectivity index (χ1v) is 8.56. The van der Waals surface area contributed by atoms with Crippen molar-refractivity contribution >= 4 is 16.5 Å². The third-order valence-corrected chi connectivity index (χ3v) is 4.74. The normalized spacial score (nSPS) is 20.9. The van der Waals surface area contributed by atoms with Gasteiger partial charge in [-0.2, -0.15) is 0 Å². The van der Waals surface area contributed by atoms with Crippen LogP contribution in [0.1, 0.15) is 44.8 Å². The van der Waals surface area contributed by atoms with Gasteiger partial charge in [-0.15, -0.1) is 11.3 Å². The number of nitrogens with zero attached hydrogens (tertiary/aromatic N) is 2. The van der Waals surface area contributed by atoms with Gasteiger partial charge in [-0.05, 0) is 38.6 Å². The van der Waals surface area contributed by atoms with Crippen LogP contribution in [-0.2, 0) is 4.74 Å². The molecule has 0 amide bonds. The highest BCUT2D eigenvalue weighted by atomic mass is 32.1. The second-order valence-electron chi connectivity index (χ2n) is 5.69. The van der Waals surface area contributed by atoms with Crippen molar-refractivity contribution in [2.75, 3.05) is 38.3 Å². The number of hydrogen-bond acceptors (Lipinski definition) is 5. The van der Waals surface area contributed by atoms with Crippen LogP contribution < -0.4 is 10.2 Å². The SMILES string of the molecule is CCCNC(C)c1csc(N(C)CC2CCCOC2)n1. The molecule has 2 rings (SSSR count). The highest BCUT2D eigenvalue weighted by molar-refractivity contribution is 7.13. The van der Waals surface area contributed by atoms with E-state index in [0.29, 0.717) is 12.0 Å². The first-order valence-electron chi connectivity index (χ1n) is 7.68. The largest absolute Gasteiger partial charge is 0.381 e. The number of nitrogens with one attached hydrogen (secondary N) is 1. The molecule has 114 valence electrons. The van der Waals surface area contributed by atoms with Crippen LogP contribution in [0.4, 0.5) is 5.13 Å². The van der Waals surface area contributed by atoms with Gasteiger partial charge in [0.2, 0.25) is 0 Å². The Morgan fingerprint density at radius 2 is 2.45 bits per heavy atom. The molecule has 5 heteroatoms. The van der Waals surface area contributed by atoms with Crippen molar-refractivity contribution in [3.05, 3.63) is 11.1 Å². The summed E-state index contributed by atoms with van der Waals surface area (Å²) in [5, 5.41) is 6.79. The summed E-state index contributed by atoms with van der Waals surface area (Å²) in [5.74, 6) is 0.650. The van der Waals surface area contributed by atoms with Gasteiger partial charge in [0.1, 0.15) is 0 Å². The van der Waals surface area contributed by atoms with E-state index in [2.05, 4.69) is 36.5 Å². The Morgan fingerprint density at radius 1 is 1.60 bits per heavy atom. The van der Waals surface area contributed by atoms with Crippen molar-refractivity contribution in [2.45, 2.75) is 39.2 Å². The van der Waals surface area contributed by atoms with Crippen molar-refractivity contribution < 1.29 is 4.74 Å². The van der Waals surface area contributed by atoms with Gasteiger partial charge in [0, 0.05) is 31.6 Å². The van der Waals surface area contributed by atoms with Crippen molar-refractivity contribution in [2.24, 2.45) is 5.92 Å². The molecule has 0 spiro atoms. The summed E-state index contributed by atoms with van der Waals surface area (Å²) in [6.07, 6.45) is 3.62. The smallest absolute Gasteiger partial charge is 0.185 e. The maximum absolute atomic E-state index is 5.55. The zero-order chi connectivity index (χ0) is 14.4. The summed E-state index contributed by atoms with van der Waals surface area (Å²) < 4.78 is 5.55. The molecule has 1 aliphatic rings. The van der Waals surface area contributed by atoms with Crippen molar-refractivity contribution in [3.8, 4) is 0 Å². The molecule has 0 aliphatic carbocycles. The van der Waals surface area contributed by atoms with E-state index in [4.69, 9.17) is 9.72 Å². The number of ether oxygens (including phenoxy) is 1. The average Bonchev–Trinajstić information content (AvgIpc) is 2.96. The monoisotopic (exact) mass is 297 g/mol. The first-order chi connectivity index (χ1) is 9.70. The van der Waals surface area contributed by atoms with Gasteiger partial charge in [-0.3, -0.25) is 0 Å². The topological polar surface area (TPSA) is 37.4 Å². The lowest BCUT2D eigenvalue weighted by Crippen LogP contribution is -2.30. The van der Waals surface area contributed by atoms with Crippen LogP contribution in [0.3, 0.4) is 0 Å². The van der Waals surface area contributed by atoms with E-state index in [1.54, 1.807) is 11.3 Å². The van der Waals surface area contributed by atoms with E-state index in [0.717, 1.165) is 43.5 Å². The van der Waals surface area contributed by atoms with Crippen LogP contribution in [0.25, 0.3) is 0 Å². The van der Waals surface area contributed by atoms with Crippen molar-refractivity contribution in [1.82, 2.24) is 10.3 Å². The van der Waals surface area contributed by atoms with Gasteiger partial charge in [0.05, 0.1) is 12.3 Å². The van der Waals surface area contributed by atoms with Gasteiger partial charge in [0.25, 0.3) is 0 Å². The van der Waals surface area contributed by atoms with E-state index in [1.165, 1.54) is 12.8 Å². The molecule has 1 aromatic heterocycles. The Balaban J connectivity index is 1.86. The fourth-order valence-electron chi connectivity index (χ4n) is 2.53. The highest BCUT2D eigenvalue weighted by Gasteiger charge is 2.18. The predicted molar refractivity (Wildman–Crippen MR) is 85.6 cm³/mol. The lowest BCUT2D eigenvalue weighted by molar-refractivity contribution is 0.0576. The third-order valence-electron chi connectivity index (χ3n) is 3.77. The molecule has 0 saturated carbocycles. The number of thiazole rings is 1. The molecule has 2 heterocycles. The van der Waals surface area contributed by atoms with Crippen LogP contribution >= 0.6 is 11.3 Å². The molecule has 1 aromatic rings. The molecular formula is C15H27N3OS. The molecule has 1 fully saturated rings. The number of aromatic nitrogens is 1. The average molecular weight is 297 g/mol. The summed E-state index contributed by atoms with van der Waals surface area (Å²) >= 11 is 1.74. The van der Waals surface area contributed by atoms with E-state index >= 15 is 0 Å². The Bertz CT molecular complexity index is 390. The summed E-state index contributed by atoms with van der Waals surface area (Å²) in [6.45, 7) is 8.29. The van der Waals surface area contributed by atoms with Gasteiger partial charge in [-0.25, -0.2) is 4.98 Å². The van der Waals surface area contributed by atoms with Gasteiger partial charge in [0.15, 0.2) is 5.13 Å². The van der Waals surface area contributed by atoms with Gasteiger partial charge >= 0.3 is 0 Å². The first kappa shape index (κ1) is 15.7. The maximum atomic E-state index is 5.55. The second-order valence-corrected chi connectivity index (χ2v) is 6.53. The lowest BCUT2D eigenvalue weighted by Gasteiger charge is -2.26. The molecule has 1 saturated heterocycles. The van der Waals surface area contributed by atoms with Crippen LogP contribution in [0.2, 0.25) is 0 Å². The van der Waals surface area contributed by atoms with Crippen molar-refractivity contribution in [1.29, 1.82) is 0 Å². The molecule has 1 N–H and O–H groups in total. The van der Waals surface area contributed by atoms with Crippen LogP contribution in [-0.4, -0.2) is 38.3 Å². The summed E-state index contributed by atoms with van der Waals surface area (Å²) in [7, 11) is 2.14. The Morgan fingerprint density at radius 3 is 3.15 bits per heavy atom. The van der Waals surface area contributed by atoms with E-state index in [9.17, 15) is 0 Å². The standard InChI is InChI=1S/C15H27N3OS/c1-4-7-16-12(2)14-11-20-15(17-14)18(3)9-13-6-5-8-19-10-13/h11-13,16H,4-10H2,1-3H3. The zero-order valence-electron chi connectivity index (χ0n) is 12.9. The van der Waals surface area contributed by atoms with Crippen LogP contribution in [0.5, 0.6) is 0 Å². The minimum atomic E-state index is 0.339. The van der Waals surface area contributed by atoms with Gasteiger partial charge < -0.3 is 15.0 Å². The quantitative estimate of drug-likeness (QED) is 0.839. The van der Waals surface area contributed by atoms with Gasteiger partial charge in [-0.1, -0.05) is 6.92 Å². The number of rotatable bonds is 7. The summed E-state index contributed by atoms with van der Waals surface area (Å²) in [6, 6.07) is 0.339. The molecule has 1 aliphatic heterocycles. The molecule has 4 nitrogen and oxygen atoms in total. The number of hydrogen-bond donors (Lipinski definition) is 1. The van der Waals surface area contributed by atoms with Crippen LogP contribution in [0.15, 0.2) is 5.38 Å². The molecule has 0 radical (unpaired) electrons. The maximum Gasteiger partial charge on any atom is 0.185 e. The Hall–Kier alpha value is -0.650. The molecular weight excluding hydrogens is 270 g/mol. The molecule has 20 heavy (non-hydrogen) atoms. The minimum Gasteiger partial charge on any atom is -0.381 e. The van der Waals surface area contributed by atoms with E-state index in [-0.39, 0.29) is 0 Å². The second kappa shape index (κ2) is 7.96. The summed E-state index contributed by atoms with van der Waals surface area (Å²) in [5.41, 5.74) is 1.16. The molecule has 2 unspecified atom stereocenters. The van der Waals surface area contributed by atoms with Crippen molar-refractivity contribution in [3.63, 3.8) is 0 Å². The summed E-state index contributed by atoms with van der Waals surface area (Å²) in [4.78, 5) is 7.05. The van der Waals surface area contributed by atoms with E-state index in [1.807, 2.05) is 0 Å². The Labute approximate surface area is 126 Å². The van der Waals surface area contributed by atoms with E-state index < -0.39 is 0 Å². The number of anilines is 1.